The van der Waals surface area contributed by atoms with E-state index >= 15 is 0 Å². The first-order chi connectivity index (χ1) is 10.3. The van der Waals surface area contributed by atoms with Crippen molar-refractivity contribution in [1.29, 1.82) is 0 Å². The largest absolute Gasteiger partial charge is 0.354 e. The van der Waals surface area contributed by atoms with Gasteiger partial charge < -0.3 is 5.32 Å². The van der Waals surface area contributed by atoms with Gasteiger partial charge in [0.2, 0.25) is 5.13 Å². The quantitative estimate of drug-likeness (QED) is 0.755. The molecule has 1 aromatic heterocycles. The SMILES string of the molecule is CC(Nc1nc(C2CC2)ns1)c1ccc2ccccc2c1. The number of nitrogens with zero attached hydrogens (tertiary/aromatic N) is 2. The lowest BCUT2D eigenvalue weighted by molar-refractivity contribution is 0.877. The molecule has 1 atom stereocenters. The van der Waals surface area contributed by atoms with Gasteiger partial charge in [-0.3, -0.25) is 0 Å². The summed E-state index contributed by atoms with van der Waals surface area (Å²) in [5, 5.41) is 6.95. The molecule has 1 heterocycles. The van der Waals surface area contributed by atoms with Gasteiger partial charge in [-0.1, -0.05) is 36.4 Å². The minimum Gasteiger partial charge on any atom is -0.354 e. The van der Waals surface area contributed by atoms with Crippen LogP contribution < -0.4 is 5.32 Å². The highest BCUT2D eigenvalue weighted by molar-refractivity contribution is 7.09. The molecule has 106 valence electrons. The number of anilines is 1. The average Bonchev–Trinajstić information content (AvgIpc) is 3.27. The van der Waals surface area contributed by atoms with Crippen molar-refractivity contribution < 1.29 is 0 Å². The molecule has 4 heteroatoms. The van der Waals surface area contributed by atoms with Gasteiger partial charge in [-0.25, -0.2) is 4.98 Å². The molecule has 1 fully saturated rings. The van der Waals surface area contributed by atoms with Gasteiger partial charge in [0.05, 0.1) is 6.04 Å². The number of hydrogen-bond acceptors (Lipinski definition) is 4. The van der Waals surface area contributed by atoms with Crippen LogP contribution in [0, 0.1) is 0 Å². The molecular formula is C17H17N3S. The topological polar surface area (TPSA) is 37.8 Å². The van der Waals surface area contributed by atoms with Gasteiger partial charge in [-0.05, 0) is 42.2 Å². The molecule has 1 unspecified atom stereocenters. The summed E-state index contributed by atoms with van der Waals surface area (Å²) < 4.78 is 4.44. The summed E-state index contributed by atoms with van der Waals surface area (Å²) in [7, 11) is 0. The smallest absolute Gasteiger partial charge is 0.203 e. The third kappa shape index (κ3) is 2.63. The molecule has 2 aromatic carbocycles. The molecule has 0 radical (unpaired) electrons. The number of rotatable bonds is 4. The van der Waals surface area contributed by atoms with E-state index in [-0.39, 0.29) is 6.04 Å². The molecule has 0 saturated heterocycles. The van der Waals surface area contributed by atoms with Gasteiger partial charge in [-0.2, -0.15) is 4.37 Å². The second-order valence-electron chi connectivity index (χ2n) is 5.70. The summed E-state index contributed by atoms with van der Waals surface area (Å²) in [5.74, 6) is 1.64. The Morgan fingerprint density at radius 2 is 1.95 bits per heavy atom. The second-order valence-corrected chi connectivity index (χ2v) is 6.46. The van der Waals surface area contributed by atoms with Crippen LogP contribution in [0.2, 0.25) is 0 Å². The van der Waals surface area contributed by atoms with Crippen molar-refractivity contribution in [2.45, 2.75) is 31.7 Å². The summed E-state index contributed by atoms with van der Waals surface area (Å²) in [6, 6.07) is 15.3. The van der Waals surface area contributed by atoms with E-state index in [9.17, 15) is 0 Å². The van der Waals surface area contributed by atoms with E-state index in [2.05, 4.69) is 64.1 Å². The van der Waals surface area contributed by atoms with Crippen LogP contribution in [0.5, 0.6) is 0 Å². The lowest BCUT2D eigenvalue weighted by Gasteiger charge is -2.13. The van der Waals surface area contributed by atoms with Gasteiger partial charge in [0.15, 0.2) is 0 Å². The fraction of sp³-hybridized carbons (Fsp3) is 0.294. The Morgan fingerprint density at radius 1 is 1.14 bits per heavy atom. The lowest BCUT2D eigenvalue weighted by atomic mass is 10.0. The summed E-state index contributed by atoms with van der Waals surface area (Å²) in [4.78, 5) is 4.60. The molecule has 4 rings (SSSR count). The molecule has 3 nitrogen and oxygen atoms in total. The number of fused-ring (bicyclic) bond motifs is 1. The number of aromatic nitrogens is 2. The Labute approximate surface area is 128 Å². The summed E-state index contributed by atoms with van der Waals surface area (Å²) in [6.07, 6.45) is 2.49. The normalized spacial score (nSPS) is 16.0. The first kappa shape index (κ1) is 12.8. The highest BCUT2D eigenvalue weighted by atomic mass is 32.1. The Bertz CT molecular complexity index is 776. The Balaban J connectivity index is 1.55. The van der Waals surface area contributed by atoms with Crippen LogP contribution in [-0.2, 0) is 0 Å². The van der Waals surface area contributed by atoms with E-state index in [0.29, 0.717) is 5.92 Å². The molecule has 0 aliphatic heterocycles. The van der Waals surface area contributed by atoms with Crippen molar-refractivity contribution in [1.82, 2.24) is 9.36 Å². The van der Waals surface area contributed by atoms with Crippen LogP contribution in [-0.4, -0.2) is 9.36 Å². The molecule has 1 aliphatic carbocycles. The molecule has 3 aromatic rings. The predicted molar refractivity (Wildman–Crippen MR) is 87.9 cm³/mol. The van der Waals surface area contributed by atoms with E-state index in [1.165, 1.54) is 40.7 Å². The van der Waals surface area contributed by atoms with Crippen LogP contribution in [0.25, 0.3) is 10.8 Å². The Hall–Kier alpha value is -1.94. The molecule has 0 bridgehead atoms. The van der Waals surface area contributed by atoms with Crippen molar-refractivity contribution in [2.24, 2.45) is 0 Å². The zero-order chi connectivity index (χ0) is 14.2. The van der Waals surface area contributed by atoms with Gasteiger partial charge >= 0.3 is 0 Å². The van der Waals surface area contributed by atoms with E-state index in [0.717, 1.165) is 11.0 Å². The summed E-state index contributed by atoms with van der Waals surface area (Å²) in [5.41, 5.74) is 1.27. The molecule has 0 spiro atoms. The van der Waals surface area contributed by atoms with Crippen LogP contribution in [0.1, 0.15) is 43.1 Å². The van der Waals surface area contributed by atoms with Gasteiger partial charge in [-0.15, -0.1) is 0 Å². The number of nitrogens with one attached hydrogen (secondary N) is 1. The average molecular weight is 295 g/mol. The predicted octanol–water partition coefficient (Wildman–Crippen LogP) is 4.74. The van der Waals surface area contributed by atoms with E-state index in [4.69, 9.17) is 0 Å². The van der Waals surface area contributed by atoms with Gasteiger partial charge in [0.25, 0.3) is 0 Å². The highest BCUT2D eigenvalue weighted by Gasteiger charge is 2.27. The second kappa shape index (κ2) is 5.11. The highest BCUT2D eigenvalue weighted by Crippen LogP contribution is 2.39. The monoisotopic (exact) mass is 295 g/mol. The van der Waals surface area contributed by atoms with E-state index in [1.807, 2.05) is 0 Å². The van der Waals surface area contributed by atoms with Crippen LogP contribution in [0.3, 0.4) is 0 Å². The maximum atomic E-state index is 4.60. The van der Waals surface area contributed by atoms with Gasteiger partial charge in [0, 0.05) is 17.5 Å². The van der Waals surface area contributed by atoms with Crippen LogP contribution >= 0.6 is 11.5 Å². The molecule has 0 amide bonds. The molecule has 1 N–H and O–H groups in total. The zero-order valence-electron chi connectivity index (χ0n) is 11.9. The Kier molecular flexibility index (Phi) is 3.11. The van der Waals surface area contributed by atoms with Crippen molar-refractivity contribution >= 4 is 27.4 Å². The fourth-order valence-electron chi connectivity index (χ4n) is 2.55. The van der Waals surface area contributed by atoms with E-state index < -0.39 is 0 Å². The Morgan fingerprint density at radius 3 is 2.76 bits per heavy atom. The lowest BCUT2D eigenvalue weighted by Crippen LogP contribution is -2.06. The first-order valence-corrected chi connectivity index (χ1v) is 8.16. The van der Waals surface area contributed by atoms with E-state index in [1.54, 1.807) is 0 Å². The minimum atomic E-state index is 0.231. The molecular weight excluding hydrogens is 278 g/mol. The molecule has 21 heavy (non-hydrogen) atoms. The minimum absolute atomic E-state index is 0.231. The summed E-state index contributed by atoms with van der Waals surface area (Å²) in [6.45, 7) is 2.17. The van der Waals surface area contributed by atoms with Crippen LogP contribution in [0.4, 0.5) is 5.13 Å². The third-order valence-corrected chi connectivity index (χ3v) is 4.66. The fourth-order valence-corrected chi connectivity index (χ4v) is 3.28. The molecule has 1 aliphatic rings. The maximum absolute atomic E-state index is 4.60. The zero-order valence-corrected chi connectivity index (χ0v) is 12.7. The van der Waals surface area contributed by atoms with Crippen molar-refractivity contribution in [2.75, 3.05) is 5.32 Å². The third-order valence-electron chi connectivity index (χ3n) is 4.00. The van der Waals surface area contributed by atoms with Crippen molar-refractivity contribution in [3.05, 3.63) is 53.9 Å². The van der Waals surface area contributed by atoms with Crippen molar-refractivity contribution in [3.8, 4) is 0 Å². The number of hydrogen-bond donors (Lipinski definition) is 1. The summed E-state index contributed by atoms with van der Waals surface area (Å²) >= 11 is 1.47. The molecule has 1 saturated carbocycles. The number of benzene rings is 2. The standard InChI is InChI=1S/C17H17N3S/c1-11(18-17-19-16(20-21-17)13-7-8-13)14-9-6-12-4-2-3-5-15(12)10-14/h2-6,9-11,13H,7-8H2,1H3,(H,18,19,20). The van der Waals surface area contributed by atoms with Crippen LogP contribution in [0.15, 0.2) is 42.5 Å². The maximum Gasteiger partial charge on any atom is 0.203 e. The van der Waals surface area contributed by atoms with Crippen molar-refractivity contribution in [3.63, 3.8) is 0 Å². The first-order valence-electron chi connectivity index (χ1n) is 7.38. The van der Waals surface area contributed by atoms with Gasteiger partial charge in [0.1, 0.15) is 5.82 Å².